The van der Waals surface area contributed by atoms with E-state index >= 15 is 0 Å². The molecular formula is C12H16O5S. The van der Waals surface area contributed by atoms with Crippen molar-refractivity contribution in [1.29, 1.82) is 0 Å². The molecule has 0 aliphatic heterocycles. The molecular weight excluding hydrogens is 256 g/mol. The first-order chi connectivity index (χ1) is 8.42. The summed E-state index contributed by atoms with van der Waals surface area (Å²) >= 11 is 0. The zero-order valence-corrected chi connectivity index (χ0v) is 11.1. The predicted octanol–water partition coefficient (Wildman–Crippen LogP) is 1.14. The minimum absolute atomic E-state index is 0.159. The highest BCUT2D eigenvalue weighted by molar-refractivity contribution is 7.86. The van der Waals surface area contributed by atoms with E-state index in [9.17, 15) is 13.2 Å². The molecule has 1 aromatic carbocycles. The molecule has 1 unspecified atom stereocenters. The van der Waals surface area contributed by atoms with Gasteiger partial charge in [0.1, 0.15) is 0 Å². The van der Waals surface area contributed by atoms with E-state index in [-0.39, 0.29) is 13.0 Å². The minimum atomic E-state index is -3.71. The first kappa shape index (κ1) is 14.7. The van der Waals surface area contributed by atoms with Gasteiger partial charge in [0, 0.05) is 6.42 Å². The van der Waals surface area contributed by atoms with Gasteiger partial charge in [-0.3, -0.25) is 4.18 Å². The average Bonchev–Trinajstić information content (AvgIpc) is 2.28. The smallest absolute Gasteiger partial charge is 0.337 e. The van der Waals surface area contributed by atoms with Crippen molar-refractivity contribution in [3.63, 3.8) is 0 Å². The van der Waals surface area contributed by atoms with Crippen LogP contribution in [0.5, 0.6) is 0 Å². The molecule has 0 saturated carbocycles. The fraction of sp³-hybridized carbons (Fsp3) is 0.417. The highest BCUT2D eigenvalue weighted by Gasteiger charge is 2.25. The van der Waals surface area contributed by atoms with Gasteiger partial charge < -0.3 is 4.74 Å². The van der Waals surface area contributed by atoms with Crippen molar-refractivity contribution in [2.45, 2.75) is 19.4 Å². The second-order valence-electron chi connectivity index (χ2n) is 3.73. The van der Waals surface area contributed by atoms with Gasteiger partial charge in [0.25, 0.3) is 10.1 Å². The number of hydrogen-bond acceptors (Lipinski definition) is 5. The molecule has 0 bridgehead atoms. The van der Waals surface area contributed by atoms with Gasteiger partial charge in [-0.1, -0.05) is 30.3 Å². The van der Waals surface area contributed by atoms with Gasteiger partial charge in [-0.25, -0.2) is 4.79 Å². The fourth-order valence-electron chi connectivity index (χ4n) is 1.43. The summed E-state index contributed by atoms with van der Waals surface area (Å²) in [7, 11) is -3.71. The molecule has 6 heteroatoms. The summed E-state index contributed by atoms with van der Waals surface area (Å²) < 4.78 is 31.8. The van der Waals surface area contributed by atoms with Crippen LogP contribution in [0.1, 0.15) is 12.5 Å². The van der Waals surface area contributed by atoms with Gasteiger partial charge in [-0.15, -0.1) is 0 Å². The van der Waals surface area contributed by atoms with E-state index in [1.165, 1.54) is 0 Å². The number of carbonyl (C=O) groups is 1. The quantitative estimate of drug-likeness (QED) is 0.573. The van der Waals surface area contributed by atoms with Gasteiger partial charge in [0.05, 0.1) is 12.9 Å². The van der Waals surface area contributed by atoms with E-state index in [0.717, 1.165) is 11.8 Å². The first-order valence-corrected chi connectivity index (χ1v) is 7.33. The summed E-state index contributed by atoms with van der Waals surface area (Å²) in [5.41, 5.74) is 0.805. The van der Waals surface area contributed by atoms with Crippen LogP contribution in [0.4, 0.5) is 0 Å². The lowest BCUT2D eigenvalue weighted by Gasteiger charge is -2.14. The van der Waals surface area contributed by atoms with E-state index in [1.807, 2.05) is 6.07 Å². The molecule has 0 fully saturated rings. The number of carbonyl (C=O) groups excluding carboxylic acids is 1. The van der Waals surface area contributed by atoms with Crippen LogP contribution in [0.3, 0.4) is 0 Å². The van der Waals surface area contributed by atoms with Crippen LogP contribution in [-0.4, -0.2) is 33.4 Å². The lowest BCUT2D eigenvalue weighted by molar-refractivity contribution is -0.151. The fourth-order valence-corrected chi connectivity index (χ4v) is 2.00. The molecule has 5 nitrogen and oxygen atoms in total. The van der Waals surface area contributed by atoms with E-state index in [2.05, 4.69) is 0 Å². The third-order valence-electron chi connectivity index (χ3n) is 2.10. The number of benzene rings is 1. The van der Waals surface area contributed by atoms with Gasteiger partial charge in [-0.05, 0) is 12.5 Å². The molecule has 0 aliphatic carbocycles. The summed E-state index contributed by atoms with van der Waals surface area (Å²) in [6.07, 6.45) is -0.0703. The Morgan fingerprint density at radius 3 is 2.39 bits per heavy atom. The lowest BCUT2D eigenvalue weighted by atomic mass is 10.1. The Morgan fingerprint density at radius 2 is 1.89 bits per heavy atom. The molecule has 0 radical (unpaired) electrons. The van der Waals surface area contributed by atoms with Crippen LogP contribution in [0, 0.1) is 0 Å². The number of hydrogen-bond donors (Lipinski definition) is 0. The molecule has 0 saturated heterocycles. The van der Waals surface area contributed by atoms with Crippen LogP contribution in [0.15, 0.2) is 30.3 Å². The van der Waals surface area contributed by atoms with Crippen molar-refractivity contribution in [2.24, 2.45) is 0 Å². The Morgan fingerprint density at radius 1 is 1.28 bits per heavy atom. The zero-order valence-electron chi connectivity index (χ0n) is 10.3. The van der Waals surface area contributed by atoms with Crippen LogP contribution in [0.25, 0.3) is 0 Å². The predicted molar refractivity (Wildman–Crippen MR) is 66.5 cm³/mol. The molecule has 0 N–H and O–H groups in total. The second-order valence-corrected chi connectivity index (χ2v) is 5.33. The van der Waals surface area contributed by atoms with Crippen LogP contribution >= 0.6 is 0 Å². The number of esters is 1. The maximum absolute atomic E-state index is 11.6. The monoisotopic (exact) mass is 272 g/mol. The molecule has 18 heavy (non-hydrogen) atoms. The standard InChI is InChI=1S/C12H16O5S/c1-3-16-12(13)11(17-18(2,14)15)9-10-7-5-4-6-8-10/h4-8,11H,3,9H2,1-2H3. The van der Waals surface area contributed by atoms with Crippen molar-refractivity contribution in [1.82, 2.24) is 0 Å². The molecule has 0 aromatic heterocycles. The molecule has 0 amide bonds. The Labute approximate surface area is 107 Å². The Bertz CT molecular complexity index is 480. The van der Waals surface area contributed by atoms with Crippen molar-refractivity contribution in [2.75, 3.05) is 12.9 Å². The van der Waals surface area contributed by atoms with E-state index in [0.29, 0.717) is 0 Å². The van der Waals surface area contributed by atoms with Crippen molar-refractivity contribution in [3.8, 4) is 0 Å². The summed E-state index contributed by atoms with van der Waals surface area (Å²) in [6, 6.07) is 9.02. The van der Waals surface area contributed by atoms with Gasteiger partial charge in [0.15, 0.2) is 6.10 Å². The molecule has 0 heterocycles. The van der Waals surface area contributed by atoms with Crippen LogP contribution in [-0.2, 0) is 30.3 Å². The number of rotatable bonds is 6. The minimum Gasteiger partial charge on any atom is -0.464 e. The molecule has 1 atom stereocenters. The Balaban J connectivity index is 2.81. The summed E-state index contributed by atoms with van der Waals surface area (Å²) in [5, 5.41) is 0. The Hall–Kier alpha value is -1.40. The van der Waals surface area contributed by atoms with Crippen LogP contribution in [0.2, 0.25) is 0 Å². The molecule has 0 aliphatic rings. The van der Waals surface area contributed by atoms with Crippen molar-refractivity contribution in [3.05, 3.63) is 35.9 Å². The third-order valence-corrected chi connectivity index (χ3v) is 2.69. The SMILES string of the molecule is CCOC(=O)C(Cc1ccccc1)OS(C)(=O)=O. The highest BCUT2D eigenvalue weighted by atomic mass is 32.2. The maximum atomic E-state index is 11.6. The number of ether oxygens (including phenoxy) is 1. The van der Waals surface area contributed by atoms with Crippen molar-refractivity contribution >= 4 is 16.1 Å². The third kappa shape index (κ3) is 5.29. The first-order valence-electron chi connectivity index (χ1n) is 5.51. The molecule has 1 aromatic rings. The van der Waals surface area contributed by atoms with E-state index < -0.39 is 22.2 Å². The maximum Gasteiger partial charge on any atom is 0.337 e. The van der Waals surface area contributed by atoms with Crippen molar-refractivity contribution < 1.29 is 22.1 Å². The van der Waals surface area contributed by atoms with Gasteiger partial charge in [-0.2, -0.15) is 8.42 Å². The summed E-state index contributed by atoms with van der Waals surface area (Å²) in [6.45, 7) is 1.83. The van der Waals surface area contributed by atoms with E-state index in [4.69, 9.17) is 8.92 Å². The zero-order chi connectivity index (χ0) is 13.6. The van der Waals surface area contributed by atoms with Crippen LogP contribution < -0.4 is 0 Å². The van der Waals surface area contributed by atoms with Gasteiger partial charge in [0.2, 0.25) is 0 Å². The lowest BCUT2D eigenvalue weighted by Crippen LogP contribution is -2.31. The topological polar surface area (TPSA) is 69.7 Å². The molecule has 0 spiro atoms. The average molecular weight is 272 g/mol. The largest absolute Gasteiger partial charge is 0.464 e. The summed E-state index contributed by atoms with van der Waals surface area (Å²) in [5.74, 6) is -0.674. The Kier molecular flexibility index (Phi) is 5.30. The molecule has 100 valence electrons. The highest BCUT2D eigenvalue weighted by Crippen LogP contribution is 2.10. The van der Waals surface area contributed by atoms with E-state index in [1.54, 1.807) is 31.2 Å². The molecule has 1 rings (SSSR count). The second kappa shape index (κ2) is 6.51. The normalized spacial score (nSPS) is 13.0. The summed E-state index contributed by atoms with van der Waals surface area (Å²) in [4.78, 5) is 11.6. The van der Waals surface area contributed by atoms with Gasteiger partial charge >= 0.3 is 5.97 Å².